The highest BCUT2D eigenvalue weighted by molar-refractivity contribution is 6.05. The fourth-order valence-corrected chi connectivity index (χ4v) is 5.51. The van der Waals surface area contributed by atoms with Gasteiger partial charge in [-0.3, -0.25) is 9.59 Å². The van der Waals surface area contributed by atoms with Gasteiger partial charge < -0.3 is 9.64 Å². The Bertz CT molecular complexity index is 664. The van der Waals surface area contributed by atoms with E-state index < -0.39 is 0 Å². The van der Waals surface area contributed by atoms with Crippen LogP contribution >= 0.6 is 0 Å². The monoisotopic (exact) mass is 343 g/mol. The average molecular weight is 343 g/mol. The van der Waals surface area contributed by atoms with Crippen LogP contribution in [0.3, 0.4) is 0 Å². The zero-order valence-corrected chi connectivity index (χ0v) is 15.6. The minimum absolute atomic E-state index is 0.0406. The summed E-state index contributed by atoms with van der Waals surface area (Å²) in [6.45, 7) is 9.36. The third-order valence-electron chi connectivity index (χ3n) is 6.92. The van der Waals surface area contributed by atoms with E-state index in [1.165, 1.54) is 12.8 Å². The van der Waals surface area contributed by atoms with Gasteiger partial charge in [0.05, 0.1) is 5.92 Å². The molecule has 2 heterocycles. The number of likely N-dealkylation sites (tertiary alicyclic amines) is 1. The largest absolute Gasteiger partial charge is 0.457 e. The van der Waals surface area contributed by atoms with Crippen molar-refractivity contribution in [3.05, 3.63) is 23.3 Å². The molecule has 4 rings (SSSR count). The number of hydrogen-bond donors (Lipinski definition) is 0. The van der Waals surface area contributed by atoms with Crippen LogP contribution in [0.5, 0.6) is 0 Å². The highest BCUT2D eigenvalue weighted by Gasteiger charge is 2.54. The second kappa shape index (κ2) is 6.08. The number of esters is 1. The minimum Gasteiger partial charge on any atom is -0.457 e. The predicted octanol–water partition coefficient (Wildman–Crippen LogP) is 3.13. The lowest BCUT2D eigenvalue weighted by Gasteiger charge is -2.43. The van der Waals surface area contributed by atoms with E-state index >= 15 is 0 Å². The van der Waals surface area contributed by atoms with E-state index in [1.807, 2.05) is 13.0 Å². The van der Waals surface area contributed by atoms with E-state index in [-0.39, 0.29) is 35.1 Å². The molecule has 2 aliphatic heterocycles. The van der Waals surface area contributed by atoms with Crippen molar-refractivity contribution in [2.75, 3.05) is 19.6 Å². The van der Waals surface area contributed by atoms with Gasteiger partial charge in [-0.2, -0.15) is 0 Å². The van der Waals surface area contributed by atoms with E-state index in [2.05, 4.69) is 18.7 Å². The minimum atomic E-state index is -0.202. The summed E-state index contributed by atoms with van der Waals surface area (Å²) >= 11 is 0. The van der Waals surface area contributed by atoms with Crippen LogP contribution in [-0.2, 0) is 14.3 Å². The molecular weight excluding hydrogens is 314 g/mol. The van der Waals surface area contributed by atoms with E-state index in [9.17, 15) is 9.59 Å². The molecule has 0 N–H and O–H groups in total. The molecule has 0 radical (unpaired) electrons. The van der Waals surface area contributed by atoms with Crippen LogP contribution in [0.2, 0.25) is 0 Å². The predicted molar refractivity (Wildman–Crippen MR) is 95.9 cm³/mol. The number of carbonyl (C=O) groups is 2. The van der Waals surface area contributed by atoms with Crippen LogP contribution in [0.15, 0.2) is 23.3 Å². The summed E-state index contributed by atoms with van der Waals surface area (Å²) < 4.78 is 5.89. The molecule has 0 bridgehead atoms. The summed E-state index contributed by atoms with van der Waals surface area (Å²) in [4.78, 5) is 27.3. The molecule has 0 unspecified atom stereocenters. The highest BCUT2D eigenvalue weighted by atomic mass is 16.6. The highest BCUT2D eigenvalue weighted by Crippen LogP contribution is 2.53. The fourth-order valence-electron chi connectivity index (χ4n) is 5.51. The Morgan fingerprint density at radius 2 is 2.12 bits per heavy atom. The zero-order chi connectivity index (χ0) is 17.8. The Balaban J connectivity index is 1.58. The Labute approximate surface area is 150 Å². The van der Waals surface area contributed by atoms with Crippen molar-refractivity contribution in [2.24, 2.45) is 23.2 Å². The maximum atomic E-state index is 12.7. The molecule has 4 aliphatic rings. The molecule has 3 fully saturated rings. The Morgan fingerprint density at radius 1 is 1.32 bits per heavy atom. The smallest absolute Gasteiger partial charge is 0.311 e. The number of ether oxygens (including phenoxy) is 1. The molecule has 0 aromatic rings. The van der Waals surface area contributed by atoms with E-state index in [1.54, 1.807) is 6.08 Å². The standard InChI is InChI=1S/C21H29NO3/c1-13-5-4-10-22(11-13)12-16-15-6-8-21(3)9-7-17(23)14(2)18(21)19(15)25-20(16)24/h7,9,13,15-16,19H,4-6,8,10-12H2,1-3H3/t13-,15+,16+,19+,21+/m1/s1. The van der Waals surface area contributed by atoms with Crippen molar-refractivity contribution in [3.63, 3.8) is 0 Å². The van der Waals surface area contributed by atoms with Crippen molar-refractivity contribution in [1.29, 1.82) is 0 Å². The topological polar surface area (TPSA) is 46.6 Å². The van der Waals surface area contributed by atoms with Crippen molar-refractivity contribution in [2.45, 2.75) is 52.6 Å². The number of hydrogen-bond acceptors (Lipinski definition) is 4. The SMILES string of the molecule is CC1=C2[C@H]3OC(=O)[C@@H](CN4CCC[C@@H](C)C4)[C@@H]3CC[C@@]2(C)C=CC1=O. The van der Waals surface area contributed by atoms with E-state index in [0.29, 0.717) is 5.92 Å². The molecule has 2 aliphatic carbocycles. The molecule has 5 atom stereocenters. The second-order valence-electron chi connectivity index (χ2n) is 8.83. The summed E-state index contributed by atoms with van der Waals surface area (Å²) in [5, 5.41) is 0. The van der Waals surface area contributed by atoms with Crippen LogP contribution < -0.4 is 0 Å². The third-order valence-corrected chi connectivity index (χ3v) is 6.92. The first kappa shape index (κ1) is 17.0. The number of rotatable bonds is 2. The van der Waals surface area contributed by atoms with Gasteiger partial charge in [0.15, 0.2) is 5.78 Å². The van der Waals surface area contributed by atoms with Gasteiger partial charge in [-0.15, -0.1) is 0 Å². The molecule has 0 spiro atoms. The van der Waals surface area contributed by atoms with Gasteiger partial charge in [0.25, 0.3) is 0 Å². The molecule has 0 amide bonds. The number of carbonyl (C=O) groups excluding carboxylic acids is 2. The first-order valence-corrected chi connectivity index (χ1v) is 9.77. The number of piperidine rings is 1. The molecule has 4 heteroatoms. The first-order valence-electron chi connectivity index (χ1n) is 9.77. The Kier molecular flexibility index (Phi) is 4.14. The number of fused-ring (bicyclic) bond motifs is 3. The number of ketones is 1. The molecular formula is C21H29NO3. The summed E-state index contributed by atoms with van der Waals surface area (Å²) in [5.41, 5.74) is 1.73. The van der Waals surface area contributed by atoms with Gasteiger partial charge in [0.1, 0.15) is 6.10 Å². The van der Waals surface area contributed by atoms with E-state index in [4.69, 9.17) is 4.74 Å². The molecule has 0 aromatic carbocycles. The van der Waals surface area contributed by atoms with Crippen molar-refractivity contribution < 1.29 is 14.3 Å². The second-order valence-corrected chi connectivity index (χ2v) is 8.83. The van der Waals surface area contributed by atoms with Gasteiger partial charge in [-0.05, 0) is 56.7 Å². The summed E-state index contributed by atoms with van der Waals surface area (Å²) in [6.07, 6.45) is 8.02. The van der Waals surface area contributed by atoms with Gasteiger partial charge in [-0.1, -0.05) is 19.9 Å². The fraction of sp³-hybridized carbons (Fsp3) is 0.714. The normalized spacial score (nSPS) is 41.6. The zero-order valence-electron chi connectivity index (χ0n) is 15.6. The molecule has 4 nitrogen and oxygen atoms in total. The van der Waals surface area contributed by atoms with Crippen LogP contribution in [0.1, 0.15) is 46.5 Å². The molecule has 25 heavy (non-hydrogen) atoms. The van der Waals surface area contributed by atoms with Crippen molar-refractivity contribution in [1.82, 2.24) is 4.90 Å². The summed E-state index contributed by atoms with van der Waals surface area (Å²) in [6, 6.07) is 0. The van der Waals surface area contributed by atoms with Crippen LogP contribution in [-0.4, -0.2) is 42.4 Å². The summed E-state index contributed by atoms with van der Waals surface area (Å²) in [5.74, 6) is 0.906. The maximum absolute atomic E-state index is 12.7. The van der Waals surface area contributed by atoms with Gasteiger partial charge >= 0.3 is 5.97 Å². The Morgan fingerprint density at radius 3 is 2.88 bits per heavy atom. The lowest BCUT2D eigenvalue weighted by atomic mass is 9.61. The lowest BCUT2D eigenvalue weighted by molar-refractivity contribution is -0.144. The number of allylic oxidation sites excluding steroid dienone is 3. The molecule has 1 saturated carbocycles. The quantitative estimate of drug-likeness (QED) is 0.723. The molecule has 136 valence electrons. The van der Waals surface area contributed by atoms with Crippen LogP contribution in [0, 0.1) is 23.2 Å². The van der Waals surface area contributed by atoms with Gasteiger partial charge in [0.2, 0.25) is 0 Å². The Hall–Kier alpha value is -1.42. The lowest BCUT2D eigenvalue weighted by Crippen LogP contribution is -2.43. The summed E-state index contributed by atoms with van der Waals surface area (Å²) in [7, 11) is 0. The molecule has 0 aromatic heterocycles. The maximum Gasteiger partial charge on any atom is 0.311 e. The van der Waals surface area contributed by atoms with Crippen LogP contribution in [0.25, 0.3) is 0 Å². The van der Waals surface area contributed by atoms with Crippen molar-refractivity contribution in [3.8, 4) is 0 Å². The molecule has 2 saturated heterocycles. The van der Waals surface area contributed by atoms with E-state index in [0.717, 1.165) is 43.6 Å². The van der Waals surface area contributed by atoms with Crippen molar-refractivity contribution >= 4 is 11.8 Å². The first-order chi connectivity index (χ1) is 11.9. The average Bonchev–Trinajstić information content (AvgIpc) is 2.87. The van der Waals surface area contributed by atoms with Crippen LogP contribution in [0.4, 0.5) is 0 Å². The third kappa shape index (κ3) is 2.79. The van der Waals surface area contributed by atoms with Gasteiger partial charge in [0, 0.05) is 30.0 Å². The number of nitrogens with zero attached hydrogens (tertiary/aromatic N) is 1. The van der Waals surface area contributed by atoms with Gasteiger partial charge in [-0.25, -0.2) is 0 Å².